The fourth-order valence-electron chi connectivity index (χ4n) is 2.21. The number of rotatable bonds is 3. The Kier molecular flexibility index (Phi) is 4.56. The van der Waals surface area contributed by atoms with Crippen molar-refractivity contribution < 1.29 is 0 Å². The number of benzene rings is 2. The summed E-state index contributed by atoms with van der Waals surface area (Å²) in [6, 6.07) is 17.7. The lowest BCUT2D eigenvalue weighted by Crippen LogP contribution is -2.20. The molecule has 1 aliphatic rings. The first-order valence-corrected chi connectivity index (χ1v) is 7.68. The molecular weight excluding hydrogens is 316 g/mol. The van der Waals surface area contributed by atoms with E-state index in [0.29, 0.717) is 5.11 Å². The summed E-state index contributed by atoms with van der Waals surface area (Å²) in [5.41, 5.74) is 2.81. The number of amidine groups is 1. The molecule has 0 saturated carbocycles. The molecule has 1 aliphatic heterocycles. The van der Waals surface area contributed by atoms with Crippen LogP contribution in [0.15, 0.2) is 59.6 Å². The number of aliphatic imine (C=N–C) groups is 1. The highest BCUT2D eigenvalue weighted by Gasteiger charge is 2.16. The average molecular weight is 331 g/mol. The SMILES string of the molecule is S=C(Nc1ccccc1)Nc1cccc(C2=NCCN2Cl)c1. The van der Waals surface area contributed by atoms with Gasteiger partial charge >= 0.3 is 0 Å². The van der Waals surface area contributed by atoms with Crippen molar-refractivity contribution in [3.8, 4) is 0 Å². The molecular formula is C16H15ClN4S. The largest absolute Gasteiger partial charge is 0.332 e. The van der Waals surface area contributed by atoms with Crippen LogP contribution >= 0.6 is 24.0 Å². The Morgan fingerprint density at radius 2 is 1.77 bits per heavy atom. The minimum Gasteiger partial charge on any atom is -0.332 e. The van der Waals surface area contributed by atoms with Crippen LogP contribution < -0.4 is 10.6 Å². The molecule has 0 spiro atoms. The van der Waals surface area contributed by atoms with E-state index in [1.165, 1.54) is 0 Å². The number of para-hydroxylation sites is 1. The van der Waals surface area contributed by atoms with Gasteiger partial charge in [0.25, 0.3) is 0 Å². The summed E-state index contributed by atoms with van der Waals surface area (Å²) >= 11 is 11.5. The standard InChI is InChI=1S/C16H15ClN4S/c17-21-10-9-18-15(21)12-5-4-8-14(11-12)20-16(22)19-13-6-2-1-3-7-13/h1-8,11H,9-10H2,(H2,19,20,22). The fraction of sp³-hybridized carbons (Fsp3) is 0.125. The van der Waals surface area contributed by atoms with Crippen molar-refractivity contribution in [2.45, 2.75) is 0 Å². The van der Waals surface area contributed by atoms with Crippen molar-refractivity contribution in [3.05, 3.63) is 60.2 Å². The second-order valence-corrected chi connectivity index (χ2v) is 5.63. The van der Waals surface area contributed by atoms with E-state index in [-0.39, 0.29) is 0 Å². The Labute approximate surface area is 139 Å². The molecule has 0 aliphatic carbocycles. The summed E-state index contributed by atoms with van der Waals surface area (Å²) in [4.78, 5) is 4.41. The number of hydrogen-bond acceptors (Lipinski definition) is 3. The molecule has 0 aromatic heterocycles. The second-order valence-electron chi connectivity index (χ2n) is 4.82. The van der Waals surface area contributed by atoms with E-state index in [0.717, 1.165) is 35.9 Å². The van der Waals surface area contributed by atoms with Gasteiger partial charge in [-0.3, -0.25) is 9.41 Å². The fourth-order valence-corrected chi connectivity index (χ4v) is 2.67. The van der Waals surface area contributed by atoms with Crippen LogP contribution in [0.25, 0.3) is 0 Å². The van der Waals surface area contributed by atoms with Crippen LogP contribution in [-0.2, 0) is 0 Å². The second kappa shape index (κ2) is 6.77. The number of hydrogen-bond donors (Lipinski definition) is 2. The number of halogens is 1. The van der Waals surface area contributed by atoms with Gasteiger partial charge in [0.15, 0.2) is 5.11 Å². The molecule has 2 aromatic rings. The Hall–Kier alpha value is -2.11. The van der Waals surface area contributed by atoms with E-state index in [9.17, 15) is 0 Å². The van der Waals surface area contributed by atoms with Crippen molar-refractivity contribution in [2.75, 3.05) is 23.7 Å². The molecule has 2 aromatic carbocycles. The van der Waals surface area contributed by atoms with Crippen LogP contribution in [0.2, 0.25) is 0 Å². The van der Waals surface area contributed by atoms with Gasteiger partial charge in [-0.25, -0.2) is 0 Å². The quantitative estimate of drug-likeness (QED) is 0.665. The summed E-state index contributed by atoms with van der Waals surface area (Å²) in [7, 11) is 0. The minimum absolute atomic E-state index is 0.541. The molecule has 3 rings (SSSR count). The molecule has 0 atom stereocenters. The molecule has 2 N–H and O–H groups in total. The van der Waals surface area contributed by atoms with Gasteiger partial charge in [-0.15, -0.1) is 0 Å². The van der Waals surface area contributed by atoms with E-state index in [1.54, 1.807) is 4.42 Å². The Morgan fingerprint density at radius 1 is 1.05 bits per heavy atom. The third-order valence-electron chi connectivity index (χ3n) is 3.20. The topological polar surface area (TPSA) is 39.7 Å². The molecule has 4 nitrogen and oxygen atoms in total. The molecule has 0 radical (unpaired) electrons. The summed E-state index contributed by atoms with van der Waals surface area (Å²) in [6.45, 7) is 1.47. The molecule has 0 amide bonds. The van der Waals surface area contributed by atoms with E-state index in [1.807, 2.05) is 54.6 Å². The zero-order valence-corrected chi connectivity index (χ0v) is 13.4. The Bertz CT molecular complexity index is 702. The van der Waals surface area contributed by atoms with Gasteiger partial charge in [-0.1, -0.05) is 30.3 Å². The van der Waals surface area contributed by atoms with E-state index in [2.05, 4.69) is 15.6 Å². The smallest absolute Gasteiger partial charge is 0.175 e. The van der Waals surface area contributed by atoms with Gasteiger partial charge in [0.05, 0.1) is 13.1 Å². The molecule has 6 heteroatoms. The molecule has 0 bridgehead atoms. The molecule has 22 heavy (non-hydrogen) atoms. The number of nitrogens with one attached hydrogen (secondary N) is 2. The zero-order valence-electron chi connectivity index (χ0n) is 11.8. The highest BCUT2D eigenvalue weighted by molar-refractivity contribution is 7.80. The number of thiocarbonyl (C=S) groups is 1. The van der Waals surface area contributed by atoms with Gasteiger partial charge in [0.1, 0.15) is 5.84 Å². The summed E-state index contributed by atoms with van der Waals surface area (Å²) in [6.07, 6.45) is 0. The van der Waals surface area contributed by atoms with Crippen LogP contribution in [0.1, 0.15) is 5.56 Å². The monoisotopic (exact) mass is 330 g/mol. The van der Waals surface area contributed by atoms with Crippen LogP contribution in [0.4, 0.5) is 11.4 Å². The number of nitrogens with zero attached hydrogens (tertiary/aromatic N) is 2. The lowest BCUT2D eigenvalue weighted by molar-refractivity contribution is 0.718. The van der Waals surface area contributed by atoms with Crippen LogP contribution in [0, 0.1) is 0 Å². The summed E-state index contributed by atoms with van der Waals surface area (Å²) < 4.78 is 1.64. The highest BCUT2D eigenvalue weighted by Crippen LogP contribution is 2.17. The molecule has 0 unspecified atom stereocenters. The van der Waals surface area contributed by atoms with Gasteiger partial charge in [0, 0.05) is 28.7 Å². The van der Waals surface area contributed by atoms with Crippen molar-refractivity contribution in [3.63, 3.8) is 0 Å². The average Bonchev–Trinajstić information content (AvgIpc) is 2.94. The lowest BCUT2D eigenvalue weighted by atomic mass is 10.2. The molecule has 112 valence electrons. The summed E-state index contributed by atoms with van der Waals surface area (Å²) in [5, 5.41) is 6.86. The minimum atomic E-state index is 0.541. The zero-order chi connectivity index (χ0) is 15.4. The van der Waals surface area contributed by atoms with E-state index < -0.39 is 0 Å². The van der Waals surface area contributed by atoms with Gasteiger partial charge in [0.2, 0.25) is 0 Å². The predicted octanol–water partition coefficient (Wildman–Crippen LogP) is 3.71. The Morgan fingerprint density at radius 3 is 2.50 bits per heavy atom. The Balaban J connectivity index is 1.69. The van der Waals surface area contributed by atoms with Crippen molar-refractivity contribution in [1.29, 1.82) is 0 Å². The van der Waals surface area contributed by atoms with Gasteiger partial charge in [-0.2, -0.15) is 0 Å². The van der Waals surface area contributed by atoms with Crippen molar-refractivity contribution in [1.82, 2.24) is 4.42 Å². The van der Waals surface area contributed by atoms with Gasteiger partial charge < -0.3 is 10.6 Å². The molecule has 0 fully saturated rings. The first kappa shape index (κ1) is 14.8. The van der Waals surface area contributed by atoms with Crippen LogP contribution in [0.3, 0.4) is 0 Å². The maximum atomic E-state index is 6.12. The van der Waals surface area contributed by atoms with Crippen LogP contribution in [0.5, 0.6) is 0 Å². The third-order valence-corrected chi connectivity index (χ3v) is 3.73. The normalized spacial score (nSPS) is 13.7. The first-order chi connectivity index (χ1) is 10.7. The first-order valence-electron chi connectivity index (χ1n) is 6.93. The van der Waals surface area contributed by atoms with Crippen molar-refractivity contribution >= 4 is 46.3 Å². The van der Waals surface area contributed by atoms with E-state index in [4.69, 9.17) is 24.0 Å². The maximum Gasteiger partial charge on any atom is 0.175 e. The third kappa shape index (κ3) is 3.55. The maximum absolute atomic E-state index is 6.12. The molecule has 0 saturated heterocycles. The predicted molar refractivity (Wildman–Crippen MR) is 96.7 cm³/mol. The van der Waals surface area contributed by atoms with Crippen LogP contribution in [-0.4, -0.2) is 28.5 Å². The van der Waals surface area contributed by atoms with Gasteiger partial charge in [-0.05, 0) is 36.5 Å². The highest BCUT2D eigenvalue weighted by atomic mass is 35.5. The number of anilines is 2. The lowest BCUT2D eigenvalue weighted by Gasteiger charge is -2.13. The molecule has 1 heterocycles. The van der Waals surface area contributed by atoms with E-state index >= 15 is 0 Å². The van der Waals surface area contributed by atoms with Crippen molar-refractivity contribution in [2.24, 2.45) is 4.99 Å². The summed E-state index contributed by atoms with van der Waals surface area (Å²) in [5.74, 6) is 0.798.